The quantitative estimate of drug-likeness (QED) is 0.373. The molecule has 1 saturated heterocycles. The highest BCUT2D eigenvalue weighted by molar-refractivity contribution is 9.10. The van der Waals surface area contributed by atoms with Gasteiger partial charge < -0.3 is 4.74 Å². The van der Waals surface area contributed by atoms with Gasteiger partial charge >= 0.3 is 0 Å². The molecule has 0 saturated carbocycles. The molecule has 0 N–H and O–H groups in total. The van der Waals surface area contributed by atoms with Crippen LogP contribution in [0.2, 0.25) is 0 Å². The molecular weight excluding hydrogens is 588 g/mol. The van der Waals surface area contributed by atoms with Crippen LogP contribution in [0.4, 0.5) is 5.69 Å². The molecule has 3 heterocycles. The van der Waals surface area contributed by atoms with Crippen molar-refractivity contribution in [1.82, 2.24) is 10.0 Å². The highest BCUT2D eigenvalue weighted by Gasteiger charge is 2.55. The fourth-order valence-electron chi connectivity index (χ4n) is 5.56. The zero-order chi connectivity index (χ0) is 28.8. The SMILES string of the molecule is COc1ccc([C@@H]2CC(c3ccc(C)cc3C)=NN2C(=O)CN2N=N[C@@H]3C(=O)N(c4cccc(Br)c4)C(=O)[C@@H]32)cc1. The summed E-state index contributed by atoms with van der Waals surface area (Å²) < 4.78 is 6.05. The largest absolute Gasteiger partial charge is 0.497 e. The highest BCUT2D eigenvalue weighted by atomic mass is 79.9. The molecule has 41 heavy (non-hydrogen) atoms. The smallest absolute Gasteiger partial charge is 0.264 e. The van der Waals surface area contributed by atoms with Crippen molar-refractivity contribution < 1.29 is 19.1 Å². The number of hydrazone groups is 1. The molecule has 3 amide bonds. The van der Waals surface area contributed by atoms with E-state index in [1.54, 1.807) is 25.3 Å². The predicted molar refractivity (Wildman–Crippen MR) is 155 cm³/mol. The minimum absolute atomic E-state index is 0.258. The van der Waals surface area contributed by atoms with Gasteiger partial charge in [-0.25, -0.2) is 9.91 Å². The predicted octanol–water partition coefficient (Wildman–Crippen LogP) is 4.75. The molecule has 0 aliphatic carbocycles. The number of carbonyl (C=O) groups excluding carboxylic acids is 3. The number of benzene rings is 3. The van der Waals surface area contributed by atoms with E-state index in [1.165, 1.54) is 10.0 Å². The zero-order valence-electron chi connectivity index (χ0n) is 22.7. The van der Waals surface area contributed by atoms with Gasteiger partial charge in [0.25, 0.3) is 17.7 Å². The van der Waals surface area contributed by atoms with Crippen LogP contribution in [0.3, 0.4) is 0 Å². The molecule has 0 bridgehead atoms. The maximum absolute atomic E-state index is 13.8. The fourth-order valence-corrected chi connectivity index (χ4v) is 5.95. The lowest BCUT2D eigenvalue weighted by molar-refractivity contribution is -0.135. The highest BCUT2D eigenvalue weighted by Crippen LogP contribution is 2.36. The molecule has 0 unspecified atom stereocenters. The zero-order valence-corrected chi connectivity index (χ0v) is 24.3. The van der Waals surface area contributed by atoms with Crippen LogP contribution in [0.1, 0.15) is 34.7 Å². The summed E-state index contributed by atoms with van der Waals surface area (Å²) in [6.45, 7) is 3.81. The van der Waals surface area contributed by atoms with E-state index in [0.717, 1.165) is 37.3 Å². The number of ether oxygens (including phenoxy) is 1. The average Bonchev–Trinajstić information content (AvgIpc) is 3.64. The first kappa shape index (κ1) is 26.8. The number of carbonyl (C=O) groups is 3. The Bertz CT molecular complexity index is 1620. The monoisotopic (exact) mass is 614 g/mol. The molecule has 3 aromatic rings. The number of anilines is 1. The lowest BCUT2D eigenvalue weighted by Gasteiger charge is -2.25. The maximum atomic E-state index is 13.8. The van der Waals surface area contributed by atoms with Crippen LogP contribution in [0, 0.1) is 13.8 Å². The van der Waals surface area contributed by atoms with E-state index in [-0.39, 0.29) is 18.5 Å². The first-order valence-electron chi connectivity index (χ1n) is 13.2. The van der Waals surface area contributed by atoms with Crippen molar-refractivity contribution in [3.05, 3.63) is 93.5 Å². The van der Waals surface area contributed by atoms with Gasteiger partial charge in [-0.15, -0.1) is 0 Å². The number of rotatable bonds is 6. The number of aryl methyl sites for hydroxylation is 2. The van der Waals surface area contributed by atoms with Crippen molar-refractivity contribution in [3.8, 4) is 5.75 Å². The standard InChI is InChI=1S/C30H27BrN6O4/c1-17-7-12-23(18(2)13-17)24-15-25(19-8-10-22(41-3)11-9-19)37(33-24)26(38)16-35-28-27(32-34-35)29(39)36(30(28)40)21-6-4-5-20(31)14-21/h4-14,25,27-28H,15-16H2,1-3H3/t25-,27-,28+/m0/s1. The van der Waals surface area contributed by atoms with E-state index in [9.17, 15) is 14.4 Å². The van der Waals surface area contributed by atoms with Gasteiger partial charge in [0, 0.05) is 16.5 Å². The molecule has 0 radical (unpaired) electrons. The van der Waals surface area contributed by atoms with Gasteiger partial charge in [-0.3, -0.25) is 19.4 Å². The first-order valence-corrected chi connectivity index (χ1v) is 14.0. The van der Waals surface area contributed by atoms with Crippen molar-refractivity contribution >= 4 is 45.1 Å². The number of halogens is 1. The third-order valence-electron chi connectivity index (χ3n) is 7.58. The Morgan fingerprint density at radius 3 is 2.51 bits per heavy atom. The molecule has 3 aliphatic rings. The third-order valence-corrected chi connectivity index (χ3v) is 8.07. The summed E-state index contributed by atoms with van der Waals surface area (Å²) in [5.41, 5.74) is 5.33. The summed E-state index contributed by atoms with van der Waals surface area (Å²) in [5.74, 6) is -0.581. The lowest BCUT2D eigenvalue weighted by atomic mass is 9.95. The van der Waals surface area contributed by atoms with Gasteiger partial charge in [-0.2, -0.15) is 10.2 Å². The summed E-state index contributed by atoms with van der Waals surface area (Å²) in [6.07, 6.45) is 0.517. The topological polar surface area (TPSA) is 107 Å². The van der Waals surface area contributed by atoms with Crippen LogP contribution < -0.4 is 9.64 Å². The van der Waals surface area contributed by atoms with Gasteiger partial charge in [0.15, 0.2) is 12.1 Å². The molecule has 208 valence electrons. The van der Waals surface area contributed by atoms with Crippen LogP contribution in [0.5, 0.6) is 5.75 Å². The number of nitrogens with zero attached hydrogens (tertiary/aromatic N) is 6. The number of imide groups is 1. The number of hydrogen-bond donors (Lipinski definition) is 0. The van der Waals surface area contributed by atoms with E-state index in [2.05, 4.69) is 32.3 Å². The molecule has 11 heteroatoms. The van der Waals surface area contributed by atoms with Gasteiger partial charge in [0.05, 0.1) is 24.6 Å². The van der Waals surface area contributed by atoms with E-state index < -0.39 is 23.9 Å². The van der Waals surface area contributed by atoms with Crippen LogP contribution >= 0.6 is 15.9 Å². The van der Waals surface area contributed by atoms with Crippen LogP contribution in [-0.4, -0.2) is 59.2 Å². The second kappa shape index (κ2) is 10.5. The van der Waals surface area contributed by atoms with Crippen molar-refractivity contribution in [2.75, 3.05) is 18.6 Å². The van der Waals surface area contributed by atoms with Crippen LogP contribution in [0.15, 0.2) is 86.6 Å². The average molecular weight is 615 g/mol. The Hall–Kier alpha value is -4.38. The Kier molecular flexibility index (Phi) is 6.90. The minimum atomic E-state index is -1.00. The van der Waals surface area contributed by atoms with Crippen molar-refractivity contribution in [3.63, 3.8) is 0 Å². The van der Waals surface area contributed by atoms with E-state index in [1.807, 2.05) is 56.3 Å². The molecule has 6 rings (SSSR count). The van der Waals surface area contributed by atoms with Gasteiger partial charge in [-0.05, 0) is 55.3 Å². The molecule has 0 aromatic heterocycles. The summed E-state index contributed by atoms with van der Waals surface area (Å²) in [6, 6.07) is 18.3. The first-order chi connectivity index (χ1) is 19.7. The molecular formula is C30H27BrN6O4. The Labute approximate surface area is 245 Å². The Morgan fingerprint density at radius 1 is 1.02 bits per heavy atom. The Morgan fingerprint density at radius 2 is 1.80 bits per heavy atom. The van der Waals surface area contributed by atoms with Gasteiger partial charge in [0.2, 0.25) is 0 Å². The van der Waals surface area contributed by atoms with Crippen LogP contribution in [-0.2, 0) is 14.4 Å². The second-order valence-electron chi connectivity index (χ2n) is 10.3. The molecule has 10 nitrogen and oxygen atoms in total. The Balaban J connectivity index is 1.28. The van der Waals surface area contributed by atoms with E-state index >= 15 is 0 Å². The molecule has 3 aromatic carbocycles. The summed E-state index contributed by atoms with van der Waals surface area (Å²) in [4.78, 5) is 41.5. The van der Waals surface area contributed by atoms with Gasteiger partial charge in [0.1, 0.15) is 12.3 Å². The molecule has 3 atom stereocenters. The molecule has 3 aliphatic heterocycles. The summed E-state index contributed by atoms with van der Waals surface area (Å²) in [5, 5.41) is 15.7. The maximum Gasteiger partial charge on any atom is 0.264 e. The summed E-state index contributed by atoms with van der Waals surface area (Å²) >= 11 is 3.38. The third kappa shape index (κ3) is 4.80. The normalized spacial score (nSPS) is 21.5. The number of amides is 3. The molecule has 0 spiro atoms. The summed E-state index contributed by atoms with van der Waals surface area (Å²) in [7, 11) is 1.60. The number of fused-ring (bicyclic) bond motifs is 1. The lowest BCUT2D eigenvalue weighted by Crippen LogP contribution is -2.44. The molecule has 1 fully saturated rings. The van der Waals surface area contributed by atoms with E-state index in [0.29, 0.717) is 17.9 Å². The van der Waals surface area contributed by atoms with Gasteiger partial charge in [-0.1, -0.05) is 63.1 Å². The minimum Gasteiger partial charge on any atom is -0.497 e. The van der Waals surface area contributed by atoms with E-state index in [4.69, 9.17) is 9.84 Å². The second-order valence-corrected chi connectivity index (χ2v) is 11.2. The van der Waals surface area contributed by atoms with Crippen molar-refractivity contribution in [2.24, 2.45) is 15.4 Å². The van der Waals surface area contributed by atoms with Crippen molar-refractivity contribution in [2.45, 2.75) is 38.4 Å². The van der Waals surface area contributed by atoms with Crippen LogP contribution in [0.25, 0.3) is 0 Å². The fraction of sp³-hybridized carbons (Fsp3) is 0.267. The van der Waals surface area contributed by atoms with Crippen molar-refractivity contribution in [1.29, 1.82) is 0 Å². The number of methoxy groups -OCH3 is 1. The number of hydrogen-bond acceptors (Lipinski definition) is 8.